The fourth-order valence-corrected chi connectivity index (χ4v) is 3.56. The van der Waals surface area contributed by atoms with Gasteiger partial charge in [-0.3, -0.25) is 4.90 Å². The molecule has 0 aliphatic carbocycles. The third kappa shape index (κ3) is 3.94. The van der Waals surface area contributed by atoms with E-state index >= 15 is 0 Å². The lowest BCUT2D eigenvalue weighted by atomic mass is 10.0. The molecule has 26 heavy (non-hydrogen) atoms. The molecule has 1 aromatic heterocycles. The molecule has 3 nitrogen and oxygen atoms in total. The first-order chi connectivity index (χ1) is 12.7. The molecular weight excluding hydrogens is 334 g/mol. The highest BCUT2D eigenvalue weighted by molar-refractivity contribution is 5.77. The van der Waals surface area contributed by atoms with Gasteiger partial charge in [0.1, 0.15) is 11.3 Å². The van der Waals surface area contributed by atoms with Gasteiger partial charge >= 0.3 is 0 Å². The van der Waals surface area contributed by atoms with E-state index in [0.29, 0.717) is 12.6 Å². The molecule has 0 radical (unpaired) electrons. The van der Waals surface area contributed by atoms with Crippen molar-refractivity contribution in [1.82, 2.24) is 10.2 Å². The van der Waals surface area contributed by atoms with E-state index in [0.717, 1.165) is 54.8 Å². The van der Waals surface area contributed by atoms with Crippen molar-refractivity contribution in [2.45, 2.75) is 32.0 Å². The Morgan fingerprint density at radius 2 is 1.81 bits per heavy atom. The summed E-state index contributed by atoms with van der Waals surface area (Å²) in [6.45, 7) is 3.27. The molecule has 0 bridgehead atoms. The molecule has 0 atom stereocenters. The molecule has 1 saturated heterocycles. The van der Waals surface area contributed by atoms with Crippen molar-refractivity contribution in [2.75, 3.05) is 13.1 Å². The average molecular weight is 356 g/mol. The molecule has 3 aromatic rings. The van der Waals surface area contributed by atoms with E-state index in [1.54, 1.807) is 6.07 Å². The number of hydrogen-bond donors (Lipinski definition) is 1. The highest BCUT2D eigenvalue weighted by Crippen LogP contribution is 2.20. The maximum atomic E-state index is 13.3. The molecule has 1 aliphatic heterocycles. The molecule has 136 valence electrons. The minimum absolute atomic E-state index is 0.449. The van der Waals surface area contributed by atoms with Crippen molar-refractivity contribution in [1.29, 1.82) is 0 Å². The normalized spacial score (nSPS) is 16.4. The number of fused-ring (bicyclic) bond motifs is 1. The minimum Gasteiger partial charge on any atom is -0.460 e. The third-order valence-electron chi connectivity index (χ3n) is 5.02. The van der Waals surface area contributed by atoms with Crippen molar-refractivity contribution >= 4 is 11.0 Å². The molecule has 4 rings (SSSR count). The van der Waals surface area contributed by atoms with E-state index in [9.17, 15) is 8.78 Å². The van der Waals surface area contributed by atoms with Gasteiger partial charge in [0.25, 0.3) is 0 Å². The smallest absolute Gasteiger partial charge is 0.159 e. The van der Waals surface area contributed by atoms with Crippen molar-refractivity contribution < 1.29 is 13.2 Å². The Bertz CT molecular complexity index is 852. The van der Waals surface area contributed by atoms with Gasteiger partial charge in [0.15, 0.2) is 11.6 Å². The van der Waals surface area contributed by atoms with Crippen LogP contribution in [0, 0.1) is 11.6 Å². The lowest BCUT2D eigenvalue weighted by molar-refractivity contribution is 0.188. The van der Waals surface area contributed by atoms with Crippen LogP contribution in [0.4, 0.5) is 8.78 Å². The average Bonchev–Trinajstić information content (AvgIpc) is 3.07. The topological polar surface area (TPSA) is 28.4 Å². The molecule has 0 saturated carbocycles. The standard InChI is InChI=1S/C21H22F2N2O/c22-19-6-5-15(11-20(19)23)14-25-9-7-17(8-10-25)24-13-18-12-16-3-1-2-4-21(16)26-18/h1-6,11-12,17,24H,7-10,13-14H2. The first-order valence-electron chi connectivity index (χ1n) is 9.04. The first kappa shape index (κ1) is 17.2. The van der Waals surface area contributed by atoms with Crippen LogP contribution in [0.15, 0.2) is 52.9 Å². The summed E-state index contributed by atoms with van der Waals surface area (Å²) in [4.78, 5) is 2.28. The minimum atomic E-state index is -0.790. The number of nitrogens with zero attached hydrogens (tertiary/aromatic N) is 1. The summed E-state index contributed by atoms with van der Waals surface area (Å²) in [6, 6.07) is 14.7. The van der Waals surface area contributed by atoms with Crippen molar-refractivity contribution in [3.8, 4) is 0 Å². The lowest BCUT2D eigenvalue weighted by Gasteiger charge is -2.32. The van der Waals surface area contributed by atoms with Gasteiger partial charge in [-0.1, -0.05) is 24.3 Å². The van der Waals surface area contributed by atoms with Gasteiger partial charge in [-0.2, -0.15) is 0 Å². The van der Waals surface area contributed by atoms with Crippen LogP contribution in [-0.4, -0.2) is 24.0 Å². The molecule has 1 aliphatic rings. The zero-order chi connectivity index (χ0) is 17.9. The predicted molar refractivity (Wildman–Crippen MR) is 97.7 cm³/mol. The van der Waals surface area contributed by atoms with Gasteiger partial charge in [0, 0.05) is 18.0 Å². The van der Waals surface area contributed by atoms with Gasteiger partial charge in [-0.15, -0.1) is 0 Å². The van der Waals surface area contributed by atoms with Crippen LogP contribution in [0.5, 0.6) is 0 Å². The number of para-hydroxylation sites is 1. The van der Waals surface area contributed by atoms with Crippen LogP contribution in [0.3, 0.4) is 0 Å². The maximum Gasteiger partial charge on any atom is 0.159 e. The summed E-state index contributed by atoms with van der Waals surface area (Å²) in [6.07, 6.45) is 2.06. The molecular formula is C21H22F2N2O. The quantitative estimate of drug-likeness (QED) is 0.731. The SMILES string of the molecule is Fc1ccc(CN2CCC(NCc3cc4ccccc4o3)CC2)cc1F. The van der Waals surface area contributed by atoms with E-state index in [1.165, 1.54) is 12.1 Å². The van der Waals surface area contributed by atoms with Crippen LogP contribution in [0.2, 0.25) is 0 Å². The monoisotopic (exact) mass is 356 g/mol. The molecule has 2 aromatic carbocycles. The third-order valence-corrected chi connectivity index (χ3v) is 5.02. The van der Waals surface area contributed by atoms with E-state index in [4.69, 9.17) is 4.42 Å². The molecule has 1 fully saturated rings. The maximum absolute atomic E-state index is 13.3. The summed E-state index contributed by atoms with van der Waals surface area (Å²) in [5, 5.41) is 4.70. The highest BCUT2D eigenvalue weighted by atomic mass is 19.2. The summed E-state index contributed by atoms with van der Waals surface area (Å²) in [5.41, 5.74) is 1.74. The number of halogens is 2. The Morgan fingerprint density at radius 1 is 1.00 bits per heavy atom. The second-order valence-electron chi connectivity index (χ2n) is 6.93. The van der Waals surface area contributed by atoms with Gasteiger partial charge in [-0.25, -0.2) is 8.78 Å². The van der Waals surface area contributed by atoms with Crippen LogP contribution in [0.25, 0.3) is 11.0 Å². The Labute approximate surface area is 151 Å². The number of nitrogens with one attached hydrogen (secondary N) is 1. The molecule has 1 N–H and O–H groups in total. The Morgan fingerprint density at radius 3 is 2.58 bits per heavy atom. The van der Waals surface area contributed by atoms with Crippen molar-refractivity contribution in [3.63, 3.8) is 0 Å². The van der Waals surface area contributed by atoms with Crippen molar-refractivity contribution in [2.24, 2.45) is 0 Å². The Hall–Kier alpha value is -2.24. The molecule has 2 heterocycles. The van der Waals surface area contributed by atoms with Crippen molar-refractivity contribution in [3.05, 3.63) is 71.5 Å². The number of piperidine rings is 1. The zero-order valence-corrected chi connectivity index (χ0v) is 14.6. The molecule has 0 unspecified atom stereocenters. The number of likely N-dealkylation sites (tertiary alicyclic amines) is 1. The largest absolute Gasteiger partial charge is 0.460 e. The first-order valence-corrected chi connectivity index (χ1v) is 9.04. The molecule has 0 amide bonds. The van der Waals surface area contributed by atoms with E-state index in [2.05, 4.69) is 22.3 Å². The number of hydrogen-bond acceptors (Lipinski definition) is 3. The zero-order valence-electron chi connectivity index (χ0n) is 14.6. The second-order valence-corrected chi connectivity index (χ2v) is 6.93. The summed E-state index contributed by atoms with van der Waals surface area (Å²) < 4.78 is 32.2. The summed E-state index contributed by atoms with van der Waals surface area (Å²) in [7, 11) is 0. The van der Waals surface area contributed by atoms with E-state index < -0.39 is 11.6 Å². The van der Waals surface area contributed by atoms with Crippen LogP contribution >= 0.6 is 0 Å². The van der Waals surface area contributed by atoms with E-state index in [1.807, 2.05) is 18.2 Å². The highest BCUT2D eigenvalue weighted by Gasteiger charge is 2.19. The molecule has 0 spiro atoms. The Kier molecular flexibility index (Phi) is 5.00. The fraction of sp³-hybridized carbons (Fsp3) is 0.333. The molecule has 5 heteroatoms. The van der Waals surface area contributed by atoms with Gasteiger partial charge in [0.05, 0.1) is 6.54 Å². The summed E-state index contributed by atoms with van der Waals surface area (Å²) in [5.74, 6) is -0.609. The second kappa shape index (κ2) is 7.56. The van der Waals surface area contributed by atoms with Crippen LogP contribution in [-0.2, 0) is 13.1 Å². The number of benzene rings is 2. The van der Waals surface area contributed by atoms with Gasteiger partial charge in [-0.05, 0) is 55.8 Å². The van der Waals surface area contributed by atoms with Gasteiger partial charge in [0.2, 0.25) is 0 Å². The van der Waals surface area contributed by atoms with Crippen LogP contribution in [0.1, 0.15) is 24.2 Å². The van der Waals surface area contributed by atoms with Crippen LogP contribution < -0.4 is 5.32 Å². The number of furan rings is 1. The number of rotatable bonds is 5. The fourth-order valence-electron chi connectivity index (χ4n) is 3.56. The summed E-state index contributed by atoms with van der Waals surface area (Å²) >= 11 is 0. The predicted octanol–water partition coefficient (Wildman–Crippen LogP) is 4.47. The lowest BCUT2D eigenvalue weighted by Crippen LogP contribution is -2.41. The van der Waals surface area contributed by atoms with E-state index in [-0.39, 0.29) is 0 Å². The van der Waals surface area contributed by atoms with Gasteiger partial charge < -0.3 is 9.73 Å². The Balaban J connectivity index is 1.26.